The third-order valence-corrected chi connectivity index (χ3v) is 5.67. The molecule has 2 N–H and O–H groups in total. The molecule has 2 bridgehead atoms. The predicted molar refractivity (Wildman–Crippen MR) is 71.3 cm³/mol. The fourth-order valence-corrected chi connectivity index (χ4v) is 4.45. The Hall–Kier alpha value is -0.450. The van der Waals surface area contributed by atoms with E-state index in [4.69, 9.17) is 10.7 Å². The van der Waals surface area contributed by atoms with Gasteiger partial charge in [-0.1, -0.05) is 6.92 Å². The summed E-state index contributed by atoms with van der Waals surface area (Å²) in [5.74, 6) is 0.617. The Bertz CT molecular complexity index is 428. The topological polar surface area (TPSA) is 42.1 Å². The van der Waals surface area contributed by atoms with Gasteiger partial charge in [0.25, 0.3) is 0 Å². The first-order chi connectivity index (χ1) is 8.13. The van der Waals surface area contributed by atoms with Crippen LogP contribution in [0.3, 0.4) is 0 Å². The van der Waals surface area contributed by atoms with Gasteiger partial charge in [0.15, 0.2) is 0 Å². The molecule has 2 fully saturated rings. The molecule has 0 spiro atoms. The number of hydrogen-bond donors (Lipinski definition) is 1. The molecule has 0 saturated carbocycles. The molecule has 2 saturated heterocycles. The van der Waals surface area contributed by atoms with Crippen LogP contribution in [0.1, 0.15) is 35.3 Å². The molecule has 1 aromatic heterocycles. The van der Waals surface area contributed by atoms with Crippen molar-refractivity contribution in [2.75, 3.05) is 19.6 Å². The highest BCUT2D eigenvalue weighted by Gasteiger charge is 2.46. The van der Waals surface area contributed by atoms with Crippen LogP contribution in [0.5, 0.6) is 0 Å². The molecule has 3 heterocycles. The monoisotopic (exact) mass is 251 g/mol. The van der Waals surface area contributed by atoms with Crippen LogP contribution in [0, 0.1) is 12.8 Å². The van der Waals surface area contributed by atoms with Gasteiger partial charge in [-0.2, -0.15) is 0 Å². The molecule has 3 atom stereocenters. The predicted octanol–water partition coefficient (Wildman–Crippen LogP) is 1.89. The number of aryl methyl sites for hydroxylation is 2. The average molecular weight is 251 g/mol. The summed E-state index contributed by atoms with van der Waals surface area (Å²) in [6, 6.07) is 0. The van der Waals surface area contributed by atoms with Gasteiger partial charge in [-0.25, -0.2) is 4.98 Å². The van der Waals surface area contributed by atoms with Gasteiger partial charge in [-0.15, -0.1) is 11.3 Å². The molecule has 3 rings (SSSR count). The second kappa shape index (κ2) is 4.04. The Kier molecular flexibility index (Phi) is 2.76. The summed E-state index contributed by atoms with van der Waals surface area (Å²) in [5.41, 5.74) is 7.82. The van der Waals surface area contributed by atoms with Crippen molar-refractivity contribution >= 4 is 11.3 Å². The van der Waals surface area contributed by atoms with Crippen molar-refractivity contribution in [2.45, 2.75) is 38.6 Å². The molecular formula is C13H21N3S. The number of rotatable bonds is 2. The molecule has 94 valence electrons. The lowest BCUT2D eigenvalue weighted by Gasteiger charge is -2.38. The first kappa shape index (κ1) is 11.6. The molecule has 3 unspecified atom stereocenters. The molecule has 2 aliphatic heterocycles. The molecule has 2 aliphatic rings. The summed E-state index contributed by atoms with van der Waals surface area (Å²) in [6.45, 7) is 7.90. The quantitative estimate of drug-likeness (QED) is 0.873. The van der Waals surface area contributed by atoms with Crippen LogP contribution in [-0.2, 0) is 12.0 Å². The highest BCUT2D eigenvalue weighted by molar-refractivity contribution is 7.11. The van der Waals surface area contributed by atoms with E-state index < -0.39 is 0 Å². The van der Waals surface area contributed by atoms with Crippen LogP contribution in [0.15, 0.2) is 0 Å². The second-order valence-electron chi connectivity index (χ2n) is 5.45. The van der Waals surface area contributed by atoms with E-state index in [9.17, 15) is 0 Å². The summed E-state index contributed by atoms with van der Waals surface area (Å²) in [4.78, 5) is 8.71. The van der Waals surface area contributed by atoms with Crippen LogP contribution >= 0.6 is 11.3 Å². The maximum absolute atomic E-state index is 6.72. The molecule has 0 amide bonds. The Morgan fingerprint density at radius 1 is 1.53 bits per heavy atom. The van der Waals surface area contributed by atoms with Gasteiger partial charge in [-0.3, -0.25) is 0 Å². The van der Waals surface area contributed by atoms with Crippen molar-refractivity contribution in [2.24, 2.45) is 11.7 Å². The van der Waals surface area contributed by atoms with Crippen molar-refractivity contribution in [3.05, 3.63) is 15.6 Å². The highest BCUT2D eigenvalue weighted by Crippen LogP contribution is 2.42. The molecule has 4 heteroatoms. The van der Waals surface area contributed by atoms with E-state index in [1.165, 1.54) is 35.1 Å². The van der Waals surface area contributed by atoms with E-state index in [2.05, 4.69) is 18.7 Å². The summed E-state index contributed by atoms with van der Waals surface area (Å²) in [5, 5.41) is 1.19. The van der Waals surface area contributed by atoms with E-state index in [1.807, 2.05) is 11.3 Å². The number of thiazole rings is 1. The Morgan fingerprint density at radius 3 is 3.06 bits per heavy atom. The van der Waals surface area contributed by atoms with Crippen LogP contribution in [-0.4, -0.2) is 29.5 Å². The van der Waals surface area contributed by atoms with Crippen molar-refractivity contribution in [3.63, 3.8) is 0 Å². The zero-order valence-electron chi connectivity index (χ0n) is 10.7. The van der Waals surface area contributed by atoms with E-state index >= 15 is 0 Å². The average Bonchev–Trinajstić information content (AvgIpc) is 2.90. The minimum atomic E-state index is -0.143. The maximum atomic E-state index is 6.72. The lowest BCUT2D eigenvalue weighted by Crippen LogP contribution is -2.50. The Morgan fingerprint density at radius 2 is 2.35 bits per heavy atom. The lowest BCUT2D eigenvalue weighted by molar-refractivity contribution is 0.168. The molecule has 0 aromatic carbocycles. The molecule has 1 aromatic rings. The minimum absolute atomic E-state index is 0.143. The highest BCUT2D eigenvalue weighted by atomic mass is 32.1. The number of piperidine rings is 1. The molecule has 3 nitrogen and oxygen atoms in total. The van der Waals surface area contributed by atoms with Crippen molar-refractivity contribution in [3.8, 4) is 0 Å². The van der Waals surface area contributed by atoms with Crippen molar-refractivity contribution < 1.29 is 0 Å². The summed E-state index contributed by atoms with van der Waals surface area (Å²) >= 11 is 1.83. The SMILES string of the molecule is CCc1nc(C2(N)CCN3CCC2C3)sc1C. The van der Waals surface area contributed by atoms with Gasteiger partial charge < -0.3 is 10.6 Å². The number of fused-ring (bicyclic) bond motifs is 2. The number of hydrogen-bond acceptors (Lipinski definition) is 4. The fourth-order valence-electron chi connectivity index (χ4n) is 3.24. The van der Waals surface area contributed by atoms with E-state index in [0.29, 0.717) is 5.92 Å². The first-order valence-electron chi connectivity index (χ1n) is 6.61. The zero-order chi connectivity index (χ0) is 12.0. The summed E-state index contributed by atoms with van der Waals surface area (Å²) < 4.78 is 0. The molecule has 0 radical (unpaired) electrons. The van der Waals surface area contributed by atoms with Gasteiger partial charge in [-0.05, 0) is 38.6 Å². The molecular weight excluding hydrogens is 230 g/mol. The van der Waals surface area contributed by atoms with Gasteiger partial charge in [0.05, 0.1) is 11.2 Å². The molecule has 17 heavy (non-hydrogen) atoms. The molecule has 0 aliphatic carbocycles. The maximum Gasteiger partial charge on any atom is 0.113 e. The Labute approximate surface area is 107 Å². The van der Waals surface area contributed by atoms with E-state index in [-0.39, 0.29) is 5.54 Å². The van der Waals surface area contributed by atoms with Crippen molar-refractivity contribution in [1.82, 2.24) is 9.88 Å². The first-order valence-corrected chi connectivity index (χ1v) is 7.43. The largest absolute Gasteiger partial charge is 0.319 e. The van der Waals surface area contributed by atoms with Crippen molar-refractivity contribution in [1.29, 1.82) is 0 Å². The van der Waals surface area contributed by atoms with Gasteiger partial charge in [0.2, 0.25) is 0 Å². The standard InChI is InChI=1S/C13H21N3S/c1-3-11-9(2)17-12(15-11)13(14)5-7-16-6-4-10(13)8-16/h10H,3-8,14H2,1-2H3. The Balaban J connectivity index is 1.95. The van der Waals surface area contributed by atoms with Crippen LogP contribution in [0.2, 0.25) is 0 Å². The van der Waals surface area contributed by atoms with Gasteiger partial charge >= 0.3 is 0 Å². The van der Waals surface area contributed by atoms with Crippen LogP contribution in [0.25, 0.3) is 0 Å². The number of aromatic nitrogens is 1. The van der Waals surface area contributed by atoms with Crippen LogP contribution in [0.4, 0.5) is 0 Å². The number of nitrogens with zero attached hydrogens (tertiary/aromatic N) is 2. The zero-order valence-corrected chi connectivity index (χ0v) is 11.5. The minimum Gasteiger partial charge on any atom is -0.319 e. The normalized spacial score (nSPS) is 36.4. The summed E-state index contributed by atoms with van der Waals surface area (Å²) in [6.07, 6.45) is 3.35. The lowest BCUT2D eigenvalue weighted by atomic mass is 9.80. The third kappa shape index (κ3) is 1.74. The van der Waals surface area contributed by atoms with Crippen LogP contribution < -0.4 is 5.73 Å². The smallest absolute Gasteiger partial charge is 0.113 e. The summed E-state index contributed by atoms with van der Waals surface area (Å²) in [7, 11) is 0. The van der Waals surface area contributed by atoms with E-state index in [0.717, 1.165) is 19.4 Å². The number of nitrogens with two attached hydrogens (primary N) is 1. The fraction of sp³-hybridized carbons (Fsp3) is 0.769. The third-order valence-electron chi connectivity index (χ3n) is 4.47. The van der Waals surface area contributed by atoms with Gasteiger partial charge in [0.1, 0.15) is 5.01 Å². The van der Waals surface area contributed by atoms with Gasteiger partial charge in [0, 0.05) is 18.0 Å². The van der Waals surface area contributed by atoms with E-state index in [1.54, 1.807) is 0 Å². The second-order valence-corrected chi connectivity index (χ2v) is 6.66.